The van der Waals surface area contributed by atoms with Crippen molar-refractivity contribution in [2.24, 2.45) is 5.92 Å². The minimum absolute atomic E-state index is 0.0484. The average Bonchev–Trinajstić information content (AvgIpc) is 2.46. The van der Waals surface area contributed by atoms with Gasteiger partial charge in [-0.25, -0.2) is 0 Å². The Bertz CT molecular complexity index is 415. The summed E-state index contributed by atoms with van der Waals surface area (Å²) in [5, 5.41) is 13.4. The summed E-state index contributed by atoms with van der Waals surface area (Å²) in [7, 11) is 0. The van der Waals surface area contributed by atoms with Crippen LogP contribution in [0.15, 0.2) is 24.3 Å². The molecular weight excluding hydrogens is 266 g/mol. The molecule has 0 bridgehead atoms. The van der Waals surface area contributed by atoms with Crippen LogP contribution in [0.1, 0.15) is 24.5 Å². The zero-order chi connectivity index (χ0) is 13.7. The quantitative estimate of drug-likeness (QED) is 0.887. The molecule has 2 unspecified atom stereocenters. The number of amides is 1. The second-order valence-electron chi connectivity index (χ2n) is 4.73. The monoisotopic (exact) mass is 283 g/mol. The molecule has 0 aromatic heterocycles. The van der Waals surface area contributed by atoms with Gasteiger partial charge in [-0.2, -0.15) is 0 Å². The lowest BCUT2D eigenvalue weighted by atomic mass is 10.0. The molecule has 1 aromatic carbocycles. The van der Waals surface area contributed by atoms with Crippen LogP contribution in [0.2, 0.25) is 5.02 Å². The van der Waals surface area contributed by atoms with Gasteiger partial charge in [-0.05, 0) is 30.5 Å². The fraction of sp³-hybridized carbons (Fsp3) is 0.500. The van der Waals surface area contributed by atoms with Crippen LogP contribution in [0.4, 0.5) is 0 Å². The predicted molar refractivity (Wildman–Crippen MR) is 73.0 cm³/mol. The number of hydrogen-bond donors (Lipinski definition) is 2. The maximum atomic E-state index is 11.9. The fourth-order valence-electron chi connectivity index (χ4n) is 2.09. The maximum Gasteiger partial charge on any atom is 0.225 e. The van der Waals surface area contributed by atoms with Crippen LogP contribution >= 0.6 is 11.6 Å². The van der Waals surface area contributed by atoms with Crippen LogP contribution in [-0.4, -0.2) is 30.8 Å². The Hall–Kier alpha value is -1.10. The van der Waals surface area contributed by atoms with Crippen molar-refractivity contribution in [3.05, 3.63) is 34.9 Å². The second-order valence-corrected chi connectivity index (χ2v) is 5.16. The highest BCUT2D eigenvalue weighted by molar-refractivity contribution is 6.30. The molecule has 1 fully saturated rings. The number of benzene rings is 1. The Morgan fingerprint density at radius 2 is 2.21 bits per heavy atom. The van der Waals surface area contributed by atoms with E-state index in [1.807, 2.05) is 0 Å². The standard InChI is InChI=1S/C14H18ClNO3/c15-12-5-3-10(4-6-12)13(17)8-16-14(18)11-2-1-7-19-9-11/h3-6,11,13,17H,1-2,7-9H2,(H,16,18). The zero-order valence-corrected chi connectivity index (χ0v) is 11.4. The molecule has 1 aromatic rings. The van der Waals surface area contributed by atoms with Crippen molar-refractivity contribution in [3.63, 3.8) is 0 Å². The lowest BCUT2D eigenvalue weighted by molar-refractivity contribution is -0.129. The fourth-order valence-corrected chi connectivity index (χ4v) is 2.22. The van der Waals surface area contributed by atoms with Crippen molar-refractivity contribution in [1.29, 1.82) is 0 Å². The van der Waals surface area contributed by atoms with Crippen molar-refractivity contribution in [3.8, 4) is 0 Å². The first-order chi connectivity index (χ1) is 9.16. The molecular formula is C14H18ClNO3. The largest absolute Gasteiger partial charge is 0.387 e. The van der Waals surface area contributed by atoms with Crippen LogP contribution in [0.25, 0.3) is 0 Å². The van der Waals surface area contributed by atoms with Crippen LogP contribution in [-0.2, 0) is 9.53 Å². The van der Waals surface area contributed by atoms with Gasteiger partial charge in [0.2, 0.25) is 5.91 Å². The van der Waals surface area contributed by atoms with E-state index in [9.17, 15) is 9.90 Å². The maximum absolute atomic E-state index is 11.9. The number of aliphatic hydroxyl groups excluding tert-OH is 1. The molecule has 1 amide bonds. The first-order valence-corrected chi connectivity index (χ1v) is 6.83. The Labute approximate surface area is 117 Å². The molecule has 0 aliphatic carbocycles. The highest BCUT2D eigenvalue weighted by Crippen LogP contribution is 2.17. The lowest BCUT2D eigenvalue weighted by Gasteiger charge is -2.22. The van der Waals surface area contributed by atoms with Crippen LogP contribution in [0.5, 0.6) is 0 Å². The van der Waals surface area contributed by atoms with Gasteiger partial charge >= 0.3 is 0 Å². The summed E-state index contributed by atoms with van der Waals surface area (Å²) >= 11 is 5.78. The molecule has 1 aliphatic heterocycles. The predicted octanol–water partition coefficient (Wildman–Crippen LogP) is 1.92. The highest BCUT2D eigenvalue weighted by Gasteiger charge is 2.22. The summed E-state index contributed by atoms with van der Waals surface area (Å²) < 4.78 is 5.27. The Balaban J connectivity index is 1.80. The lowest BCUT2D eigenvalue weighted by Crippen LogP contribution is -2.37. The molecule has 1 saturated heterocycles. The van der Waals surface area contributed by atoms with Crippen LogP contribution < -0.4 is 5.32 Å². The smallest absolute Gasteiger partial charge is 0.225 e. The van der Waals surface area contributed by atoms with Crippen molar-refractivity contribution in [2.45, 2.75) is 18.9 Å². The van der Waals surface area contributed by atoms with Gasteiger partial charge in [-0.1, -0.05) is 23.7 Å². The summed E-state index contributed by atoms with van der Waals surface area (Å²) in [6.45, 7) is 1.41. The number of carbonyl (C=O) groups excluding carboxylic acids is 1. The van der Waals surface area contributed by atoms with Crippen LogP contribution in [0, 0.1) is 5.92 Å². The minimum atomic E-state index is -0.717. The number of aliphatic hydroxyl groups is 1. The third kappa shape index (κ3) is 4.20. The van der Waals surface area contributed by atoms with E-state index >= 15 is 0 Å². The average molecular weight is 284 g/mol. The first kappa shape index (κ1) is 14.3. The number of carbonyl (C=O) groups is 1. The molecule has 4 nitrogen and oxygen atoms in total. The van der Waals surface area contributed by atoms with E-state index in [4.69, 9.17) is 16.3 Å². The molecule has 19 heavy (non-hydrogen) atoms. The van der Waals surface area contributed by atoms with Crippen LogP contribution in [0.3, 0.4) is 0 Å². The molecule has 2 N–H and O–H groups in total. The minimum Gasteiger partial charge on any atom is -0.387 e. The molecule has 2 rings (SSSR count). The topological polar surface area (TPSA) is 58.6 Å². The van der Waals surface area contributed by atoms with Gasteiger partial charge in [-0.3, -0.25) is 4.79 Å². The number of halogens is 1. The Kier molecular flexibility index (Phi) is 5.19. The number of rotatable bonds is 4. The Morgan fingerprint density at radius 3 is 2.84 bits per heavy atom. The first-order valence-electron chi connectivity index (χ1n) is 6.46. The van der Waals surface area contributed by atoms with Gasteiger partial charge in [0.1, 0.15) is 0 Å². The number of hydrogen-bond acceptors (Lipinski definition) is 3. The molecule has 0 saturated carbocycles. The van der Waals surface area contributed by atoms with Crippen molar-refractivity contribution in [2.75, 3.05) is 19.8 Å². The van der Waals surface area contributed by atoms with E-state index in [0.29, 0.717) is 11.6 Å². The normalized spacial score (nSPS) is 20.8. The molecule has 1 heterocycles. The van der Waals surface area contributed by atoms with Crippen molar-refractivity contribution in [1.82, 2.24) is 5.32 Å². The second kappa shape index (κ2) is 6.89. The van der Waals surface area contributed by atoms with E-state index < -0.39 is 6.10 Å². The molecule has 104 valence electrons. The highest BCUT2D eigenvalue weighted by atomic mass is 35.5. The molecule has 1 aliphatic rings. The third-order valence-electron chi connectivity index (χ3n) is 3.26. The van der Waals surface area contributed by atoms with Gasteiger partial charge in [-0.15, -0.1) is 0 Å². The molecule has 2 atom stereocenters. The summed E-state index contributed by atoms with van der Waals surface area (Å²) in [5.74, 6) is -0.140. The third-order valence-corrected chi connectivity index (χ3v) is 3.51. The number of ether oxygens (including phenoxy) is 1. The van der Waals surface area contributed by atoms with E-state index in [0.717, 1.165) is 25.0 Å². The van der Waals surface area contributed by atoms with Gasteiger partial charge in [0.15, 0.2) is 0 Å². The van der Waals surface area contributed by atoms with E-state index in [1.54, 1.807) is 24.3 Å². The summed E-state index contributed by atoms with van der Waals surface area (Å²) in [4.78, 5) is 11.9. The molecule has 0 radical (unpaired) electrons. The van der Waals surface area contributed by atoms with Crippen molar-refractivity contribution < 1.29 is 14.6 Å². The number of nitrogens with one attached hydrogen (secondary N) is 1. The summed E-state index contributed by atoms with van der Waals surface area (Å²) in [5.41, 5.74) is 0.740. The SMILES string of the molecule is O=C(NCC(O)c1ccc(Cl)cc1)C1CCCOC1. The molecule has 0 spiro atoms. The summed E-state index contributed by atoms with van der Waals surface area (Å²) in [6, 6.07) is 6.94. The van der Waals surface area contributed by atoms with Gasteiger partial charge in [0, 0.05) is 18.2 Å². The summed E-state index contributed by atoms with van der Waals surface area (Å²) in [6.07, 6.45) is 1.05. The van der Waals surface area contributed by atoms with Crippen molar-refractivity contribution >= 4 is 17.5 Å². The van der Waals surface area contributed by atoms with E-state index in [1.165, 1.54) is 0 Å². The van der Waals surface area contributed by atoms with E-state index in [-0.39, 0.29) is 18.4 Å². The molecule has 5 heteroatoms. The Morgan fingerprint density at radius 1 is 1.47 bits per heavy atom. The van der Waals surface area contributed by atoms with Gasteiger partial charge < -0.3 is 15.2 Å². The van der Waals surface area contributed by atoms with Gasteiger partial charge in [0.05, 0.1) is 18.6 Å². The van der Waals surface area contributed by atoms with E-state index in [2.05, 4.69) is 5.32 Å². The van der Waals surface area contributed by atoms with Gasteiger partial charge in [0.25, 0.3) is 0 Å². The zero-order valence-electron chi connectivity index (χ0n) is 10.6.